The Morgan fingerprint density at radius 2 is 1.44 bits per heavy atom. The van der Waals surface area contributed by atoms with Crippen LogP contribution in [0.3, 0.4) is 0 Å². The Hall–Kier alpha value is 0.177. The number of rotatable bonds is 4. The molecule has 0 bridgehead atoms. The molecule has 0 atom stereocenters. The Labute approximate surface area is 59.5 Å². The highest BCUT2D eigenvalue weighted by molar-refractivity contribution is 6.73. The molecule has 0 heterocycles. The summed E-state index contributed by atoms with van der Waals surface area (Å²) < 4.78 is 5.02. The third kappa shape index (κ3) is 2.10. The maximum atomic E-state index is 5.20. The highest BCUT2D eigenvalue weighted by Gasteiger charge is 2.26. The van der Waals surface area contributed by atoms with Gasteiger partial charge in [0.05, 0.1) is 0 Å². The van der Waals surface area contributed by atoms with Gasteiger partial charge >= 0.3 is 0 Å². The van der Waals surface area contributed by atoms with Crippen molar-refractivity contribution in [1.82, 2.24) is 0 Å². The van der Waals surface area contributed by atoms with Gasteiger partial charge in [0.25, 0.3) is 0 Å². The van der Waals surface area contributed by atoms with Crippen LogP contribution in [0.1, 0.15) is 20.8 Å². The molecule has 0 rings (SSSR count). The first-order chi connectivity index (χ1) is 4.24. The molecule has 0 aliphatic carbocycles. The van der Waals surface area contributed by atoms with Crippen LogP contribution in [0.15, 0.2) is 0 Å². The number of hydrogen-bond donors (Lipinski definition) is 0. The van der Waals surface area contributed by atoms with E-state index in [9.17, 15) is 0 Å². The molecular weight excluding hydrogens is 128 g/mol. The fourth-order valence-corrected chi connectivity index (χ4v) is 3.00. The van der Waals surface area contributed by atoms with Crippen LogP contribution in [-0.2, 0) is 4.43 Å². The molecule has 0 amide bonds. The molecule has 2 radical (unpaired) electrons. The van der Waals surface area contributed by atoms with Crippen LogP contribution in [0, 0.1) is 7.11 Å². The van der Waals surface area contributed by atoms with Gasteiger partial charge in [0.2, 0.25) is 0 Å². The SMILES string of the molecule is [CH]O[Si](CC)(CC)CC. The first-order valence-corrected chi connectivity index (χ1v) is 6.15. The molecule has 9 heavy (non-hydrogen) atoms. The average Bonchev–Trinajstić information content (AvgIpc) is 1.95. The molecule has 2 heteroatoms. The van der Waals surface area contributed by atoms with E-state index in [-0.39, 0.29) is 0 Å². The third-order valence-corrected chi connectivity index (χ3v) is 6.55. The fourth-order valence-electron chi connectivity index (χ4n) is 1.000. The molecule has 0 aromatic rings. The smallest absolute Gasteiger partial charge is 0.192 e. The van der Waals surface area contributed by atoms with E-state index < -0.39 is 8.32 Å². The van der Waals surface area contributed by atoms with Crippen molar-refractivity contribution in [3.05, 3.63) is 7.11 Å². The van der Waals surface area contributed by atoms with E-state index in [0.29, 0.717) is 0 Å². The maximum Gasteiger partial charge on any atom is 0.192 e. The molecule has 0 aromatic heterocycles. The topological polar surface area (TPSA) is 9.23 Å². The summed E-state index contributed by atoms with van der Waals surface area (Å²) in [5, 5.41) is 0. The van der Waals surface area contributed by atoms with Crippen LogP contribution in [0.25, 0.3) is 0 Å². The molecule has 0 aliphatic heterocycles. The summed E-state index contributed by atoms with van der Waals surface area (Å²) in [5.41, 5.74) is 0. The Bertz CT molecular complexity index is 51.8. The highest BCUT2D eigenvalue weighted by Crippen LogP contribution is 2.20. The molecule has 0 aliphatic rings. The van der Waals surface area contributed by atoms with Crippen LogP contribution >= 0.6 is 0 Å². The van der Waals surface area contributed by atoms with E-state index in [2.05, 4.69) is 20.8 Å². The summed E-state index contributed by atoms with van der Waals surface area (Å²) in [6, 6.07) is 3.41. The van der Waals surface area contributed by atoms with E-state index in [1.165, 1.54) is 0 Å². The first kappa shape index (κ1) is 9.18. The average molecular weight is 144 g/mol. The normalized spacial score (nSPS) is 12.0. The van der Waals surface area contributed by atoms with Gasteiger partial charge in [0.1, 0.15) is 7.11 Å². The summed E-state index contributed by atoms with van der Waals surface area (Å²) in [6.07, 6.45) is 0. The monoisotopic (exact) mass is 144 g/mol. The molecule has 0 N–H and O–H groups in total. The maximum absolute atomic E-state index is 5.20. The Morgan fingerprint density at radius 3 is 1.44 bits per heavy atom. The summed E-state index contributed by atoms with van der Waals surface area (Å²) in [5.74, 6) is 0. The number of hydrogen-bond acceptors (Lipinski definition) is 1. The van der Waals surface area contributed by atoms with Crippen molar-refractivity contribution < 1.29 is 4.43 Å². The largest absolute Gasteiger partial charge is 0.409 e. The van der Waals surface area contributed by atoms with Gasteiger partial charge in [-0.1, -0.05) is 20.8 Å². The third-order valence-electron chi connectivity index (χ3n) is 2.18. The molecule has 1 nitrogen and oxygen atoms in total. The Kier molecular flexibility index (Phi) is 4.15. The van der Waals surface area contributed by atoms with Gasteiger partial charge in [-0.3, -0.25) is 0 Å². The summed E-state index contributed by atoms with van der Waals surface area (Å²) in [7, 11) is 3.79. The molecule has 54 valence electrons. The minimum absolute atomic E-state index is 1.14. The van der Waals surface area contributed by atoms with E-state index in [4.69, 9.17) is 11.5 Å². The fraction of sp³-hybridized carbons (Fsp3) is 0.857. The quantitative estimate of drug-likeness (QED) is 0.551. The highest BCUT2D eigenvalue weighted by atomic mass is 28.4. The van der Waals surface area contributed by atoms with Crippen molar-refractivity contribution in [2.24, 2.45) is 0 Å². The van der Waals surface area contributed by atoms with E-state index >= 15 is 0 Å². The Morgan fingerprint density at radius 1 is 1.11 bits per heavy atom. The van der Waals surface area contributed by atoms with Crippen molar-refractivity contribution >= 4 is 8.32 Å². The van der Waals surface area contributed by atoms with Crippen molar-refractivity contribution in [3.8, 4) is 0 Å². The standard InChI is InChI=1S/C7H16OSi/c1-5-9(6-2,7-3)8-4/h4H,5-7H2,1-3H3. The lowest BCUT2D eigenvalue weighted by Gasteiger charge is -2.24. The van der Waals surface area contributed by atoms with Gasteiger partial charge < -0.3 is 4.43 Å². The molecule has 0 aromatic carbocycles. The molecule has 0 saturated heterocycles. The molecular formula is C7H16OSi. The van der Waals surface area contributed by atoms with Gasteiger partial charge in [-0.25, -0.2) is 0 Å². The lowest BCUT2D eigenvalue weighted by Crippen LogP contribution is -2.33. The van der Waals surface area contributed by atoms with Crippen LogP contribution in [0.2, 0.25) is 18.1 Å². The second kappa shape index (κ2) is 4.07. The molecule has 0 unspecified atom stereocenters. The van der Waals surface area contributed by atoms with Crippen LogP contribution in [0.4, 0.5) is 0 Å². The van der Waals surface area contributed by atoms with Gasteiger partial charge in [-0.2, -0.15) is 0 Å². The van der Waals surface area contributed by atoms with Gasteiger partial charge in [-0.05, 0) is 18.1 Å². The second-order valence-electron chi connectivity index (χ2n) is 2.36. The van der Waals surface area contributed by atoms with E-state index in [1.54, 1.807) is 0 Å². The predicted octanol–water partition coefficient (Wildman–Crippen LogP) is 2.68. The van der Waals surface area contributed by atoms with Crippen molar-refractivity contribution in [2.75, 3.05) is 0 Å². The molecule has 0 saturated carbocycles. The van der Waals surface area contributed by atoms with Crippen molar-refractivity contribution in [3.63, 3.8) is 0 Å². The van der Waals surface area contributed by atoms with Gasteiger partial charge in [-0.15, -0.1) is 0 Å². The predicted molar refractivity (Wildman–Crippen MR) is 42.6 cm³/mol. The minimum Gasteiger partial charge on any atom is -0.409 e. The van der Waals surface area contributed by atoms with Crippen LogP contribution in [0.5, 0.6) is 0 Å². The van der Waals surface area contributed by atoms with Crippen LogP contribution < -0.4 is 0 Å². The van der Waals surface area contributed by atoms with Crippen LogP contribution in [-0.4, -0.2) is 8.32 Å². The zero-order valence-corrected chi connectivity index (χ0v) is 7.61. The molecule has 0 fully saturated rings. The first-order valence-electron chi connectivity index (χ1n) is 3.62. The zero-order chi connectivity index (χ0) is 7.33. The summed E-state index contributed by atoms with van der Waals surface area (Å²) in [4.78, 5) is 0. The van der Waals surface area contributed by atoms with E-state index in [1.807, 2.05) is 0 Å². The lowest BCUT2D eigenvalue weighted by molar-refractivity contribution is 0.450. The van der Waals surface area contributed by atoms with Gasteiger partial charge in [0.15, 0.2) is 8.32 Å². The minimum atomic E-state index is -1.41. The Balaban J connectivity index is 3.82. The second-order valence-corrected chi connectivity index (χ2v) is 7.08. The van der Waals surface area contributed by atoms with Crippen molar-refractivity contribution in [2.45, 2.75) is 38.9 Å². The summed E-state index contributed by atoms with van der Waals surface area (Å²) in [6.45, 7) is 6.48. The van der Waals surface area contributed by atoms with E-state index in [0.717, 1.165) is 18.1 Å². The van der Waals surface area contributed by atoms with Crippen molar-refractivity contribution in [1.29, 1.82) is 0 Å². The molecule has 0 spiro atoms. The summed E-state index contributed by atoms with van der Waals surface area (Å²) >= 11 is 0. The van der Waals surface area contributed by atoms with Gasteiger partial charge in [0, 0.05) is 0 Å². The lowest BCUT2D eigenvalue weighted by atomic mass is 10.9. The zero-order valence-electron chi connectivity index (χ0n) is 6.61.